The summed E-state index contributed by atoms with van der Waals surface area (Å²) >= 11 is 0. The molecule has 5 rings (SSSR count). The Bertz CT molecular complexity index is 1250. The van der Waals surface area contributed by atoms with Crippen LogP contribution in [0.4, 0.5) is 0 Å². The van der Waals surface area contributed by atoms with Crippen LogP contribution in [0.15, 0.2) is 41.2 Å². The van der Waals surface area contributed by atoms with Gasteiger partial charge in [0.25, 0.3) is 5.56 Å². The Labute approximate surface area is 178 Å². The van der Waals surface area contributed by atoms with Crippen molar-refractivity contribution in [2.24, 2.45) is 0 Å². The van der Waals surface area contributed by atoms with E-state index >= 15 is 0 Å². The number of esters is 1. The van der Waals surface area contributed by atoms with Crippen LogP contribution in [0.2, 0.25) is 0 Å². The van der Waals surface area contributed by atoms with Gasteiger partial charge >= 0.3 is 5.97 Å². The van der Waals surface area contributed by atoms with Gasteiger partial charge in [0.2, 0.25) is 0 Å². The fraction of sp³-hybridized carbons (Fsp3) is 0.348. The summed E-state index contributed by atoms with van der Waals surface area (Å²) in [5, 5.41) is 12.3. The maximum atomic E-state index is 13.3. The number of pyridine rings is 2. The zero-order valence-corrected chi connectivity index (χ0v) is 17.1. The normalized spacial score (nSPS) is 19.1. The molecule has 2 aliphatic rings. The number of benzene rings is 1. The summed E-state index contributed by atoms with van der Waals surface area (Å²) in [6.07, 6.45) is -0.0488. The predicted octanol–water partition coefficient (Wildman–Crippen LogP) is 2.07. The van der Waals surface area contributed by atoms with E-state index in [1.54, 1.807) is 10.6 Å². The monoisotopic (exact) mass is 422 g/mol. The van der Waals surface area contributed by atoms with Crippen LogP contribution in [0, 0.1) is 0 Å². The highest BCUT2D eigenvalue weighted by molar-refractivity contribution is 5.86. The molecule has 0 aliphatic carbocycles. The molecule has 0 radical (unpaired) electrons. The van der Waals surface area contributed by atoms with E-state index in [0.717, 1.165) is 16.5 Å². The van der Waals surface area contributed by atoms with Crippen molar-refractivity contribution in [1.29, 1.82) is 0 Å². The number of nitrogens with zero attached hydrogens (tertiary/aromatic N) is 2. The smallest absolute Gasteiger partial charge is 0.343 e. The van der Waals surface area contributed by atoms with Gasteiger partial charge < -0.3 is 23.9 Å². The van der Waals surface area contributed by atoms with Gasteiger partial charge in [-0.25, -0.2) is 9.78 Å². The molecule has 4 heterocycles. The number of carbonyl (C=O) groups is 1. The molecule has 0 amide bonds. The third-order valence-electron chi connectivity index (χ3n) is 5.88. The average molecular weight is 422 g/mol. The Balaban J connectivity index is 1.59. The SMILES string of the molecule is CCOCOCCC1(O)C(=O)OCc2c1cc1n(c2=O)Cc2cc3ccccc3nc2-1. The molecule has 1 aromatic carbocycles. The van der Waals surface area contributed by atoms with Gasteiger partial charge in [0.1, 0.15) is 13.4 Å². The fourth-order valence-corrected chi connectivity index (χ4v) is 4.25. The summed E-state index contributed by atoms with van der Waals surface area (Å²) in [6, 6.07) is 11.5. The molecule has 2 aliphatic heterocycles. The van der Waals surface area contributed by atoms with Crippen molar-refractivity contribution in [1.82, 2.24) is 9.55 Å². The number of hydrogen-bond donors (Lipinski definition) is 1. The second-order valence-corrected chi connectivity index (χ2v) is 7.71. The highest BCUT2D eigenvalue weighted by Crippen LogP contribution is 2.38. The molecule has 160 valence electrons. The number of fused-ring (bicyclic) bond motifs is 5. The first-order valence-electron chi connectivity index (χ1n) is 10.2. The first kappa shape index (κ1) is 19.9. The summed E-state index contributed by atoms with van der Waals surface area (Å²) in [7, 11) is 0. The van der Waals surface area contributed by atoms with Crippen LogP contribution in [0.25, 0.3) is 22.3 Å². The summed E-state index contributed by atoms with van der Waals surface area (Å²) < 4.78 is 17.3. The van der Waals surface area contributed by atoms with E-state index in [0.29, 0.717) is 24.5 Å². The summed E-state index contributed by atoms with van der Waals surface area (Å²) in [4.78, 5) is 30.6. The van der Waals surface area contributed by atoms with Crippen LogP contribution < -0.4 is 5.56 Å². The molecular weight excluding hydrogens is 400 g/mol. The van der Waals surface area contributed by atoms with E-state index < -0.39 is 11.6 Å². The molecule has 2 aromatic heterocycles. The summed E-state index contributed by atoms with van der Waals surface area (Å²) in [6.45, 7) is 2.70. The van der Waals surface area contributed by atoms with Crippen LogP contribution >= 0.6 is 0 Å². The minimum atomic E-state index is -1.96. The Morgan fingerprint density at radius 1 is 1.23 bits per heavy atom. The van der Waals surface area contributed by atoms with Gasteiger partial charge in [0, 0.05) is 29.5 Å². The lowest BCUT2D eigenvalue weighted by Gasteiger charge is -2.32. The number of aromatic nitrogens is 2. The van der Waals surface area contributed by atoms with Crippen LogP contribution in [0.1, 0.15) is 30.0 Å². The van der Waals surface area contributed by atoms with Gasteiger partial charge in [-0.1, -0.05) is 18.2 Å². The number of para-hydroxylation sites is 1. The molecule has 1 unspecified atom stereocenters. The van der Waals surface area contributed by atoms with Crippen molar-refractivity contribution in [3.8, 4) is 11.4 Å². The van der Waals surface area contributed by atoms with Crippen molar-refractivity contribution in [3.05, 3.63) is 63.4 Å². The number of aliphatic hydroxyl groups is 1. The zero-order chi connectivity index (χ0) is 21.6. The van der Waals surface area contributed by atoms with E-state index in [2.05, 4.69) is 0 Å². The van der Waals surface area contributed by atoms with Gasteiger partial charge in [-0.05, 0) is 25.1 Å². The van der Waals surface area contributed by atoms with Crippen molar-refractivity contribution in [2.45, 2.75) is 32.1 Å². The van der Waals surface area contributed by atoms with E-state index in [4.69, 9.17) is 19.2 Å². The highest BCUT2D eigenvalue weighted by atomic mass is 16.7. The van der Waals surface area contributed by atoms with Crippen LogP contribution in [-0.2, 0) is 37.8 Å². The minimum absolute atomic E-state index is 0.0488. The van der Waals surface area contributed by atoms with E-state index in [9.17, 15) is 14.7 Å². The first-order valence-corrected chi connectivity index (χ1v) is 10.2. The number of carbonyl (C=O) groups excluding carboxylic acids is 1. The van der Waals surface area contributed by atoms with E-state index in [1.807, 2.05) is 37.3 Å². The Hall–Kier alpha value is -3.07. The van der Waals surface area contributed by atoms with Gasteiger partial charge in [-0.15, -0.1) is 0 Å². The Morgan fingerprint density at radius 2 is 2.06 bits per heavy atom. The van der Waals surface area contributed by atoms with E-state index in [-0.39, 0.29) is 43.1 Å². The largest absolute Gasteiger partial charge is 0.458 e. The Kier molecular flexibility index (Phi) is 4.85. The minimum Gasteiger partial charge on any atom is -0.458 e. The fourth-order valence-electron chi connectivity index (χ4n) is 4.25. The molecule has 3 aromatic rings. The molecule has 8 heteroatoms. The lowest BCUT2D eigenvalue weighted by Crippen LogP contribution is -2.45. The molecule has 0 saturated heterocycles. The van der Waals surface area contributed by atoms with Crippen molar-refractivity contribution >= 4 is 16.9 Å². The zero-order valence-electron chi connectivity index (χ0n) is 17.1. The Morgan fingerprint density at radius 3 is 2.90 bits per heavy atom. The van der Waals surface area contributed by atoms with Crippen LogP contribution in [-0.4, -0.2) is 40.6 Å². The molecule has 1 atom stereocenters. The number of rotatable bonds is 6. The molecule has 8 nitrogen and oxygen atoms in total. The standard InChI is InChI=1S/C23H22N2O6/c1-2-29-13-30-8-7-23(28)17-10-19-20-15(9-14-5-3-4-6-18(14)24-20)11-25(19)21(26)16(17)12-31-22(23)27/h3-6,9-10,28H,2,7-8,11-13H2,1H3. The number of cyclic esters (lactones) is 1. The van der Waals surface area contributed by atoms with Crippen molar-refractivity contribution in [2.75, 3.05) is 20.0 Å². The highest BCUT2D eigenvalue weighted by Gasteiger charge is 2.46. The first-order chi connectivity index (χ1) is 15.0. The van der Waals surface area contributed by atoms with Gasteiger partial charge in [0.05, 0.1) is 35.6 Å². The van der Waals surface area contributed by atoms with Crippen molar-refractivity contribution in [3.63, 3.8) is 0 Å². The van der Waals surface area contributed by atoms with Gasteiger partial charge in [-0.2, -0.15) is 0 Å². The lowest BCUT2D eigenvalue weighted by molar-refractivity contribution is -0.175. The average Bonchev–Trinajstić information content (AvgIpc) is 3.13. The quantitative estimate of drug-likeness (QED) is 0.288. The molecule has 0 spiro atoms. The maximum absolute atomic E-state index is 13.3. The molecule has 0 saturated carbocycles. The van der Waals surface area contributed by atoms with Gasteiger partial charge in [0.15, 0.2) is 5.60 Å². The molecule has 1 N–H and O–H groups in total. The van der Waals surface area contributed by atoms with Gasteiger partial charge in [-0.3, -0.25) is 4.79 Å². The van der Waals surface area contributed by atoms with E-state index in [1.165, 1.54) is 0 Å². The second kappa shape index (κ2) is 7.56. The summed E-state index contributed by atoms with van der Waals surface area (Å²) in [5.41, 5.74) is 1.33. The molecule has 0 fully saturated rings. The molecular formula is C23H22N2O6. The second-order valence-electron chi connectivity index (χ2n) is 7.71. The predicted molar refractivity (Wildman–Crippen MR) is 111 cm³/mol. The third-order valence-corrected chi connectivity index (χ3v) is 5.88. The third kappa shape index (κ3) is 3.15. The number of hydrogen-bond acceptors (Lipinski definition) is 7. The summed E-state index contributed by atoms with van der Waals surface area (Å²) in [5.74, 6) is -0.783. The van der Waals surface area contributed by atoms with Crippen LogP contribution in [0.5, 0.6) is 0 Å². The van der Waals surface area contributed by atoms with Crippen LogP contribution in [0.3, 0.4) is 0 Å². The maximum Gasteiger partial charge on any atom is 0.343 e. The van der Waals surface area contributed by atoms with Crippen molar-refractivity contribution < 1.29 is 24.1 Å². The molecule has 31 heavy (non-hydrogen) atoms. The lowest BCUT2D eigenvalue weighted by atomic mass is 9.85. The number of ether oxygens (including phenoxy) is 3. The topological polar surface area (TPSA) is 99.9 Å². The molecule has 0 bridgehead atoms.